The van der Waals surface area contributed by atoms with Crippen molar-refractivity contribution in [2.45, 2.75) is 49.9 Å². The van der Waals surface area contributed by atoms with Crippen molar-refractivity contribution < 1.29 is 24.2 Å². The Morgan fingerprint density at radius 1 is 0.923 bits per heavy atom. The van der Waals surface area contributed by atoms with E-state index in [1.165, 1.54) is 0 Å². The number of thioether (sulfide) groups is 1. The van der Waals surface area contributed by atoms with Crippen LogP contribution in [0, 0.1) is 5.92 Å². The summed E-state index contributed by atoms with van der Waals surface area (Å²) in [4.78, 5) is 38.1. The molecule has 0 saturated carbocycles. The first-order chi connectivity index (χ1) is 18.9. The van der Waals surface area contributed by atoms with Gasteiger partial charge in [0.1, 0.15) is 6.61 Å². The third kappa shape index (κ3) is 13.3. The van der Waals surface area contributed by atoms with Gasteiger partial charge in [-0.15, -0.1) is 13.2 Å². The number of aliphatic hydroxyl groups excluding tert-OH is 1. The molecule has 0 heterocycles. The number of ether oxygens (including phenoxy) is 1. The Bertz CT molecular complexity index is 1030. The predicted molar refractivity (Wildman–Crippen MR) is 157 cm³/mol. The van der Waals surface area contributed by atoms with E-state index in [0.717, 1.165) is 16.9 Å². The average molecular weight is 553 g/mol. The molecule has 0 bridgehead atoms. The summed E-state index contributed by atoms with van der Waals surface area (Å²) in [5.74, 6) is -0.333. The van der Waals surface area contributed by atoms with Crippen LogP contribution in [-0.4, -0.2) is 53.9 Å². The predicted octanol–water partition coefficient (Wildman–Crippen LogP) is 4.22. The number of esters is 1. The number of benzene rings is 2. The van der Waals surface area contributed by atoms with E-state index in [2.05, 4.69) is 23.8 Å². The summed E-state index contributed by atoms with van der Waals surface area (Å²) in [6.07, 6.45) is 4.77. The Morgan fingerprint density at radius 2 is 1.59 bits per heavy atom. The van der Waals surface area contributed by atoms with Gasteiger partial charge in [-0.1, -0.05) is 72.8 Å². The number of carbonyl (C=O) groups is 3. The van der Waals surface area contributed by atoms with Gasteiger partial charge in [0.05, 0.1) is 24.6 Å². The van der Waals surface area contributed by atoms with Gasteiger partial charge in [0.25, 0.3) is 0 Å². The Labute approximate surface area is 236 Å². The minimum absolute atomic E-state index is 0.0418. The lowest BCUT2D eigenvalue weighted by Gasteiger charge is -2.23. The van der Waals surface area contributed by atoms with Crippen LogP contribution in [0.15, 0.2) is 86.0 Å². The van der Waals surface area contributed by atoms with Crippen LogP contribution in [0.5, 0.6) is 0 Å². The van der Waals surface area contributed by atoms with Gasteiger partial charge in [0.15, 0.2) is 0 Å². The van der Waals surface area contributed by atoms with Crippen molar-refractivity contribution in [3.8, 4) is 0 Å². The summed E-state index contributed by atoms with van der Waals surface area (Å²) < 4.78 is 5.41. The number of amides is 2. The first-order valence-corrected chi connectivity index (χ1v) is 14.3. The van der Waals surface area contributed by atoms with Gasteiger partial charge < -0.3 is 20.5 Å². The van der Waals surface area contributed by atoms with E-state index in [1.807, 2.05) is 60.7 Å². The maximum atomic E-state index is 13.2. The molecule has 39 heavy (non-hydrogen) atoms. The molecule has 3 atom stereocenters. The van der Waals surface area contributed by atoms with E-state index in [-0.39, 0.29) is 43.8 Å². The number of rotatable bonds is 19. The number of hydrogen-bond donors (Lipinski definition) is 3. The maximum Gasteiger partial charge on any atom is 0.306 e. The number of nitrogens with one attached hydrogen (secondary N) is 2. The lowest BCUT2D eigenvalue weighted by atomic mass is 9.98. The van der Waals surface area contributed by atoms with Crippen LogP contribution in [0.4, 0.5) is 0 Å². The van der Waals surface area contributed by atoms with Crippen LogP contribution in [0.25, 0.3) is 0 Å². The molecule has 2 amide bonds. The number of carbonyl (C=O) groups excluding carboxylic acids is 3. The maximum absolute atomic E-state index is 13.2. The van der Waals surface area contributed by atoms with E-state index in [4.69, 9.17) is 4.74 Å². The fraction of sp³-hybridized carbons (Fsp3) is 0.387. The Morgan fingerprint density at radius 3 is 2.21 bits per heavy atom. The zero-order valence-corrected chi connectivity index (χ0v) is 23.2. The van der Waals surface area contributed by atoms with E-state index >= 15 is 0 Å². The number of hydrogen-bond acceptors (Lipinski definition) is 6. The van der Waals surface area contributed by atoms with Crippen molar-refractivity contribution in [2.75, 3.05) is 19.0 Å². The molecule has 8 heteroatoms. The fourth-order valence-corrected chi connectivity index (χ4v) is 4.89. The van der Waals surface area contributed by atoms with Crippen LogP contribution >= 0.6 is 11.8 Å². The van der Waals surface area contributed by atoms with E-state index < -0.39 is 18.0 Å². The Hall–Kier alpha value is -3.36. The third-order valence-corrected chi connectivity index (χ3v) is 7.11. The molecular formula is C31H40N2O5S. The van der Waals surface area contributed by atoms with Gasteiger partial charge in [0.2, 0.25) is 11.8 Å². The number of aliphatic hydroxyl groups is 1. The highest BCUT2D eigenvalue weighted by Crippen LogP contribution is 2.16. The fourth-order valence-electron chi connectivity index (χ4n) is 3.88. The van der Waals surface area contributed by atoms with Gasteiger partial charge in [0, 0.05) is 24.3 Å². The van der Waals surface area contributed by atoms with Crippen LogP contribution in [0.1, 0.15) is 36.8 Å². The second-order valence-electron chi connectivity index (χ2n) is 9.28. The zero-order valence-electron chi connectivity index (χ0n) is 22.4. The normalized spacial score (nSPS) is 12.9. The van der Waals surface area contributed by atoms with E-state index in [1.54, 1.807) is 23.9 Å². The minimum atomic E-state index is -0.642. The molecule has 0 fully saturated rings. The summed E-state index contributed by atoms with van der Waals surface area (Å²) in [6, 6.07) is 18.7. The smallest absolute Gasteiger partial charge is 0.306 e. The molecule has 3 N–H and O–H groups in total. The van der Waals surface area contributed by atoms with Gasteiger partial charge in [-0.3, -0.25) is 14.4 Å². The first kappa shape index (κ1) is 31.9. The van der Waals surface area contributed by atoms with Crippen molar-refractivity contribution in [1.29, 1.82) is 0 Å². The van der Waals surface area contributed by atoms with Gasteiger partial charge in [-0.25, -0.2) is 0 Å². The molecule has 2 aromatic rings. The van der Waals surface area contributed by atoms with Crippen molar-refractivity contribution in [3.05, 3.63) is 97.1 Å². The van der Waals surface area contributed by atoms with Crippen molar-refractivity contribution >= 4 is 29.5 Å². The standard InChI is InChI=1S/C31H40N2O5S/c1-3-5-17-30(36)38-21-28(23-39-22-25-15-10-7-11-16-25)33-31(37)26(12-4-2)19-29(35)32-27(20-34)18-24-13-8-6-9-14-24/h3-4,6-11,13-16,26-28,34H,1-2,5,12,17-23H2,(H,32,35)(H,33,37)/t26-,27+,28-/m1/s1. The van der Waals surface area contributed by atoms with Gasteiger partial charge >= 0.3 is 5.97 Å². The summed E-state index contributed by atoms with van der Waals surface area (Å²) >= 11 is 1.63. The molecule has 2 aromatic carbocycles. The Balaban J connectivity index is 1.97. The summed E-state index contributed by atoms with van der Waals surface area (Å²) in [6.45, 7) is 7.19. The molecule has 0 aromatic heterocycles. The molecule has 0 saturated heterocycles. The lowest BCUT2D eigenvalue weighted by Crippen LogP contribution is -2.45. The molecular weight excluding hydrogens is 512 g/mol. The van der Waals surface area contributed by atoms with E-state index in [0.29, 0.717) is 25.0 Å². The summed E-state index contributed by atoms with van der Waals surface area (Å²) in [5.41, 5.74) is 2.15. The van der Waals surface area contributed by atoms with Crippen molar-refractivity contribution in [3.63, 3.8) is 0 Å². The largest absolute Gasteiger partial charge is 0.463 e. The quantitative estimate of drug-likeness (QED) is 0.178. The first-order valence-electron chi connectivity index (χ1n) is 13.2. The second kappa shape index (κ2) is 18.8. The highest BCUT2D eigenvalue weighted by Gasteiger charge is 2.25. The molecule has 0 aliphatic rings. The molecule has 0 aliphatic heterocycles. The minimum Gasteiger partial charge on any atom is -0.463 e. The van der Waals surface area contributed by atoms with Crippen LogP contribution in [-0.2, 0) is 31.3 Å². The summed E-state index contributed by atoms with van der Waals surface area (Å²) in [7, 11) is 0. The van der Waals surface area contributed by atoms with Crippen LogP contribution in [0.3, 0.4) is 0 Å². The monoisotopic (exact) mass is 552 g/mol. The zero-order chi connectivity index (χ0) is 28.3. The van der Waals surface area contributed by atoms with Gasteiger partial charge in [-0.05, 0) is 30.4 Å². The molecule has 0 aliphatic carbocycles. The SMILES string of the molecule is C=CCCC(=O)OC[C@H](CSCc1ccccc1)NC(=O)[C@H](CC=C)CC(=O)N[C@H](CO)Cc1ccccc1. The second-order valence-corrected chi connectivity index (χ2v) is 10.3. The summed E-state index contributed by atoms with van der Waals surface area (Å²) in [5, 5.41) is 15.6. The molecule has 0 unspecified atom stereocenters. The van der Waals surface area contributed by atoms with Gasteiger partial charge in [-0.2, -0.15) is 11.8 Å². The molecule has 7 nitrogen and oxygen atoms in total. The molecule has 210 valence electrons. The van der Waals surface area contributed by atoms with E-state index in [9.17, 15) is 19.5 Å². The highest BCUT2D eigenvalue weighted by atomic mass is 32.2. The lowest BCUT2D eigenvalue weighted by molar-refractivity contribution is -0.145. The van der Waals surface area contributed by atoms with Crippen LogP contribution in [0.2, 0.25) is 0 Å². The third-order valence-electron chi connectivity index (χ3n) is 5.94. The van der Waals surface area contributed by atoms with Crippen molar-refractivity contribution in [1.82, 2.24) is 10.6 Å². The number of allylic oxidation sites excluding steroid dienone is 2. The average Bonchev–Trinajstić information content (AvgIpc) is 2.95. The van der Waals surface area contributed by atoms with Crippen LogP contribution < -0.4 is 10.6 Å². The molecule has 2 rings (SSSR count). The topological polar surface area (TPSA) is 105 Å². The van der Waals surface area contributed by atoms with Crippen molar-refractivity contribution in [2.24, 2.45) is 5.92 Å². The molecule has 0 spiro atoms. The highest BCUT2D eigenvalue weighted by molar-refractivity contribution is 7.98. The molecule has 0 radical (unpaired) electrons. The Kier molecular flexibility index (Phi) is 15.4.